The van der Waals surface area contributed by atoms with Gasteiger partial charge >= 0.3 is 0 Å². The Balaban J connectivity index is 1.90. The van der Waals surface area contributed by atoms with E-state index in [9.17, 15) is 0 Å². The van der Waals surface area contributed by atoms with E-state index < -0.39 is 0 Å². The summed E-state index contributed by atoms with van der Waals surface area (Å²) in [5, 5.41) is 4.03. The number of fused-ring (bicyclic) bond motifs is 3. The first-order valence-electron chi connectivity index (χ1n) is 11.1. The zero-order valence-corrected chi connectivity index (χ0v) is 20.0. The van der Waals surface area contributed by atoms with Crippen LogP contribution in [0.4, 0.5) is 0 Å². The lowest BCUT2D eigenvalue weighted by atomic mass is 9.84. The summed E-state index contributed by atoms with van der Waals surface area (Å²) in [7, 11) is 0.941. The maximum absolute atomic E-state index is 3.78. The molecule has 0 aliphatic rings. The Morgan fingerprint density at radius 2 is 0.938 bits per heavy atom. The summed E-state index contributed by atoms with van der Waals surface area (Å²) in [5.41, 5.74) is 10.2. The Morgan fingerprint density at radius 3 is 1.53 bits per heavy atom. The van der Waals surface area contributed by atoms with E-state index in [1.807, 2.05) is 0 Å². The quantitative estimate of drug-likeness (QED) is 0.320. The zero-order chi connectivity index (χ0) is 21.5. The predicted octanol–water partition coefficient (Wildman–Crippen LogP) is 6.31. The monoisotopic (exact) mass is 425 g/mol. The number of para-hydroxylation sites is 1. The maximum Gasteiger partial charge on any atom is 0.0465 e. The van der Waals surface area contributed by atoms with Gasteiger partial charge in [-0.15, -0.1) is 0 Å². The van der Waals surface area contributed by atoms with E-state index in [4.69, 9.17) is 0 Å². The molecule has 0 bridgehead atoms. The Bertz CT molecular complexity index is 1550. The maximum atomic E-state index is 3.78. The molecule has 0 unspecified atom stereocenters. The van der Waals surface area contributed by atoms with Gasteiger partial charge in [0, 0.05) is 37.6 Å². The van der Waals surface area contributed by atoms with E-state index in [0.29, 0.717) is 0 Å². The van der Waals surface area contributed by atoms with Crippen molar-refractivity contribution in [2.24, 2.45) is 0 Å². The largest absolute Gasteiger partial charge is 0.355 e. The normalized spacial score (nSPS) is 11.4. The lowest BCUT2D eigenvalue weighted by Crippen LogP contribution is -2.12. The van der Waals surface area contributed by atoms with Gasteiger partial charge in [0.15, 0.2) is 0 Å². The van der Waals surface area contributed by atoms with Crippen molar-refractivity contribution in [2.75, 3.05) is 0 Å². The molecule has 0 saturated heterocycles. The third-order valence-electron chi connectivity index (χ3n) is 6.39. The van der Waals surface area contributed by atoms with Gasteiger partial charge in [0.1, 0.15) is 0 Å². The molecule has 2 heteroatoms. The van der Waals surface area contributed by atoms with Gasteiger partial charge in [0.2, 0.25) is 0 Å². The third kappa shape index (κ3) is 2.92. The minimum atomic E-state index is 0.941. The van der Waals surface area contributed by atoms with Crippen LogP contribution in [-0.4, -0.2) is 15.2 Å². The van der Waals surface area contributed by atoms with Crippen molar-refractivity contribution in [3.05, 3.63) is 115 Å². The molecule has 0 amide bonds. The molecular weight excluding hydrogens is 402 g/mol. The second-order valence-electron chi connectivity index (χ2n) is 8.27. The first-order valence-corrected chi connectivity index (χ1v) is 12.1. The number of H-pyrrole nitrogens is 1. The summed E-state index contributed by atoms with van der Waals surface area (Å²) in [6, 6.07) is 41.3. The van der Waals surface area contributed by atoms with Gasteiger partial charge < -0.3 is 4.98 Å². The molecule has 152 valence electrons. The molecule has 32 heavy (non-hydrogen) atoms. The van der Waals surface area contributed by atoms with Crippen LogP contribution in [0.15, 0.2) is 115 Å². The van der Waals surface area contributed by atoms with Crippen LogP contribution in [0.5, 0.6) is 0 Å². The smallest absolute Gasteiger partial charge is 0.0465 e. The van der Waals surface area contributed by atoms with Crippen molar-refractivity contribution in [1.29, 1.82) is 0 Å². The first kappa shape index (κ1) is 18.9. The van der Waals surface area contributed by atoms with Crippen LogP contribution in [0.2, 0.25) is 0 Å². The fraction of sp³-hybridized carbons (Fsp3) is 0. The van der Waals surface area contributed by atoms with Crippen LogP contribution in [0, 0.1) is 0 Å². The number of aromatic nitrogens is 1. The van der Waals surface area contributed by atoms with Gasteiger partial charge in [0.25, 0.3) is 0 Å². The van der Waals surface area contributed by atoms with Crippen molar-refractivity contribution in [3.8, 4) is 33.4 Å². The van der Waals surface area contributed by atoms with Gasteiger partial charge in [-0.3, -0.25) is 0 Å². The first-order chi connectivity index (χ1) is 15.8. The van der Waals surface area contributed by atoms with E-state index in [2.05, 4.69) is 120 Å². The lowest BCUT2D eigenvalue weighted by Gasteiger charge is -2.21. The van der Waals surface area contributed by atoms with E-state index in [1.54, 1.807) is 0 Å². The standard InChI is InChI=1S/C30H23NSi/c32-30-27(22-16-8-3-9-17-22)25(20-12-4-1-5-13-20)26(21-14-6-2-7-15-21)28-23-18-10-11-19-24(23)31-29(28)30/h1-19,31H,32H3. The second kappa shape index (κ2) is 7.67. The van der Waals surface area contributed by atoms with Crippen LogP contribution in [0.25, 0.3) is 55.2 Å². The molecule has 6 aromatic rings. The summed E-state index contributed by atoms with van der Waals surface area (Å²) < 4.78 is 0. The average Bonchev–Trinajstić information content (AvgIpc) is 3.25. The molecule has 0 atom stereocenters. The molecule has 1 aromatic heterocycles. The van der Waals surface area contributed by atoms with Gasteiger partial charge in [-0.05, 0) is 39.1 Å². The SMILES string of the molecule is [SiH3]c1c(-c2ccccc2)c(-c2ccccc2)c(-c2ccccc2)c2c1[nH]c1ccccc12. The van der Waals surface area contributed by atoms with Crippen LogP contribution >= 0.6 is 0 Å². The number of nitrogens with one attached hydrogen (secondary N) is 1. The second-order valence-corrected chi connectivity index (χ2v) is 9.27. The van der Waals surface area contributed by atoms with Crippen LogP contribution in [0.1, 0.15) is 0 Å². The highest BCUT2D eigenvalue weighted by atomic mass is 28.1. The van der Waals surface area contributed by atoms with E-state index >= 15 is 0 Å². The van der Waals surface area contributed by atoms with Gasteiger partial charge in [0.05, 0.1) is 0 Å². The van der Waals surface area contributed by atoms with E-state index in [-0.39, 0.29) is 0 Å². The summed E-state index contributed by atoms with van der Waals surface area (Å²) in [5.74, 6) is 0. The van der Waals surface area contributed by atoms with Crippen molar-refractivity contribution >= 4 is 37.2 Å². The molecule has 1 nitrogen and oxygen atoms in total. The highest BCUT2D eigenvalue weighted by molar-refractivity contribution is 6.45. The Hall–Kier alpha value is -3.88. The van der Waals surface area contributed by atoms with Crippen molar-refractivity contribution in [1.82, 2.24) is 4.98 Å². The van der Waals surface area contributed by atoms with E-state index in [1.165, 1.54) is 60.4 Å². The molecule has 0 aliphatic heterocycles. The molecule has 6 rings (SSSR count). The molecule has 0 saturated carbocycles. The topological polar surface area (TPSA) is 15.8 Å². The minimum Gasteiger partial charge on any atom is -0.355 e. The highest BCUT2D eigenvalue weighted by Crippen LogP contribution is 2.45. The lowest BCUT2D eigenvalue weighted by molar-refractivity contribution is 1.55. The van der Waals surface area contributed by atoms with Gasteiger partial charge in [-0.2, -0.15) is 0 Å². The molecule has 0 fully saturated rings. The van der Waals surface area contributed by atoms with Crippen molar-refractivity contribution in [2.45, 2.75) is 0 Å². The van der Waals surface area contributed by atoms with Crippen LogP contribution < -0.4 is 5.19 Å². The number of hydrogen-bond donors (Lipinski definition) is 1. The minimum absolute atomic E-state index is 0.941. The summed E-state index contributed by atoms with van der Waals surface area (Å²) in [6.07, 6.45) is 0. The Kier molecular flexibility index (Phi) is 4.52. The molecular formula is C30H23NSi. The van der Waals surface area contributed by atoms with E-state index in [0.717, 1.165) is 10.2 Å². The Morgan fingerprint density at radius 1 is 0.469 bits per heavy atom. The molecule has 0 radical (unpaired) electrons. The summed E-state index contributed by atoms with van der Waals surface area (Å²) in [6.45, 7) is 0. The fourth-order valence-corrected chi connectivity index (χ4v) is 5.91. The summed E-state index contributed by atoms with van der Waals surface area (Å²) in [4.78, 5) is 3.78. The van der Waals surface area contributed by atoms with Crippen LogP contribution in [0.3, 0.4) is 0 Å². The van der Waals surface area contributed by atoms with Crippen LogP contribution in [-0.2, 0) is 0 Å². The molecule has 0 aliphatic carbocycles. The number of benzene rings is 5. The van der Waals surface area contributed by atoms with Crippen molar-refractivity contribution in [3.63, 3.8) is 0 Å². The zero-order valence-electron chi connectivity index (χ0n) is 18.0. The number of rotatable bonds is 3. The van der Waals surface area contributed by atoms with Gasteiger partial charge in [-0.25, -0.2) is 0 Å². The molecule has 5 aromatic carbocycles. The third-order valence-corrected chi connectivity index (χ3v) is 7.39. The fourth-order valence-electron chi connectivity index (χ4n) is 5.00. The number of aromatic amines is 1. The molecule has 1 N–H and O–H groups in total. The summed E-state index contributed by atoms with van der Waals surface area (Å²) >= 11 is 0. The Labute approximate surface area is 190 Å². The number of hydrogen-bond acceptors (Lipinski definition) is 0. The average molecular weight is 426 g/mol. The molecule has 0 spiro atoms. The van der Waals surface area contributed by atoms with Gasteiger partial charge in [-0.1, -0.05) is 109 Å². The van der Waals surface area contributed by atoms with Crippen molar-refractivity contribution < 1.29 is 0 Å². The highest BCUT2D eigenvalue weighted by Gasteiger charge is 2.23. The molecule has 1 heterocycles. The predicted molar refractivity (Wildman–Crippen MR) is 142 cm³/mol.